The van der Waals surface area contributed by atoms with E-state index in [1.165, 1.54) is 11.8 Å². The van der Waals surface area contributed by atoms with Crippen LogP contribution in [0.5, 0.6) is 0 Å². The van der Waals surface area contributed by atoms with Crippen LogP contribution in [0, 0.1) is 0 Å². The molecule has 0 bridgehead atoms. The van der Waals surface area contributed by atoms with Gasteiger partial charge in [0.05, 0.1) is 11.5 Å². The number of hydrogen-bond donors (Lipinski definition) is 3. The van der Waals surface area contributed by atoms with E-state index >= 15 is 0 Å². The Balaban J connectivity index is 1.90. The summed E-state index contributed by atoms with van der Waals surface area (Å²) in [7, 11) is 0. The van der Waals surface area contributed by atoms with Crippen molar-refractivity contribution in [3.8, 4) is 0 Å². The smallest absolute Gasteiger partial charge is 0.257 e. The summed E-state index contributed by atoms with van der Waals surface area (Å²) in [4.78, 5) is 43.8. The Morgan fingerprint density at radius 3 is 2.68 bits per heavy atom. The van der Waals surface area contributed by atoms with Gasteiger partial charge in [0, 0.05) is 12.1 Å². The molecule has 1 unspecified atom stereocenters. The molecule has 1 atom stereocenters. The molecule has 2 aromatic rings. The fourth-order valence-electron chi connectivity index (χ4n) is 2.72. The van der Waals surface area contributed by atoms with Crippen molar-refractivity contribution in [2.45, 2.75) is 30.8 Å². The number of aryl methyl sites for hydroxylation is 1. The average Bonchev–Trinajstić information content (AvgIpc) is 2.61. The predicted molar refractivity (Wildman–Crippen MR) is 97.1 cm³/mol. The Labute approximate surface area is 148 Å². The first-order valence-electron chi connectivity index (χ1n) is 7.89. The van der Waals surface area contributed by atoms with Gasteiger partial charge in [-0.1, -0.05) is 30.8 Å². The number of rotatable bonds is 4. The van der Waals surface area contributed by atoms with Gasteiger partial charge in [-0.2, -0.15) is 0 Å². The van der Waals surface area contributed by atoms with Crippen LogP contribution in [0.25, 0.3) is 0 Å². The van der Waals surface area contributed by atoms with Crippen LogP contribution in [-0.4, -0.2) is 28.0 Å². The lowest BCUT2D eigenvalue weighted by Crippen LogP contribution is -2.36. The highest BCUT2D eigenvalue weighted by Gasteiger charge is 2.34. The van der Waals surface area contributed by atoms with Crippen LogP contribution in [0.1, 0.15) is 30.4 Å². The largest absolute Gasteiger partial charge is 0.326 e. The molecule has 1 aromatic carbocycles. The van der Waals surface area contributed by atoms with E-state index in [0.29, 0.717) is 10.8 Å². The number of amides is 2. The SMILES string of the molecule is CCc1ccc(NC(=O)C2CC(=O)Nc3nc(SC)[nH]c(=O)c32)cc1. The standard InChI is InChI=1S/C17H18N4O3S/c1-3-9-4-6-10(7-5-9)18-15(23)11-8-12(22)19-14-13(11)16(24)21-17(20-14)25-2/h4-7,11H,3,8H2,1-2H3,(H,18,23)(H2,19,20,21,22,24). The van der Waals surface area contributed by atoms with Gasteiger partial charge in [0.1, 0.15) is 5.82 Å². The van der Waals surface area contributed by atoms with Gasteiger partial charge in [0.25, 0.3) is 5.56 Å². The van der Waals surface area contributed by atoms with Gasteiger partial charge in [-0.15, -0.1) is 0 Å². The molecule has 130 valence electrons. The first-order valence-corrected chi connectivity index (χ1v) is 9.12. The maximum absolute atomic E-state index is 12.7. The molecule has 0 saturated heterocycles. The first-order chi connectivity index (χ1) is 12.0. The first kappa shape index (κ1) is 17.2. The number of carbonyl (C=O) groups excluding carboxylic acids is 2. The Morgan fingerprint density at radius 1 is 1.32 bits per heavy atom. The maximum atomic E-state index is 12.7. The molecule has 3 rings (SSSR count). The average molecular weight is 358 g/mol. The number of nitrogens with zero attached hydrogens (tertiary/aromatic N) is 1. The van der Waals surface area contributed by atoms with E-state index in [0.717, 1.165) is 12.0 Å². The summed E-state index contributed by atoms with van der Waals surface area (Å²) in [5.74, 6) is -1.45. The maximum Gasteiger partial charge on any atom is 0.257 e. The highest BCUT2D eigenvalue weighted by molar-refractivity contribution is 7.98. The summed E-state index contributed by atoms with van der Waals surface area (Å²) in [5, 5.41) is 5.74. The number of fused-ring (bicyclic) bond motifs is 1. The van der Waals surface area contributed by atoms with Gasteiger partial charge < -0.3 is 15.6 Å². The van der Waals surface area contributed by atoms with E-state index in [2.05, 4.69) is 20.6 Å². The van der Waals surface area contributed by atoms with Crippen molar-refractivity contribution in [2.24, 2.45) is 0 Å². The summed E-state index contributed by atoms with van der Waals surface area (Å²) in [6.07, 6.45) is 2.58. The number of hydrogen-bond acceptors (Lipinski definition) is 5. The lowest BCUT2D eigenvalue weighted by Gasteiger charge is -2.23. The zero-order chi connectivity index (χ0) is 18.0. The third-order valence-corrected chi connectivity index (χ3v) is 4.65. The predicted octanol–water partition coefficient (Wildman–Crippen LogP) is 2.12. The van der Waals surface area contributed by atoms with E-state index < -0.39 is 17.4 Å². The van der Waals surface area contributed by atoms with Gasteiger partial charge in [-0.25, -0.2) is 4.98 Å². The highest BCUT2D eigenvalue weighted by Crippen LogP contribution is 2.30. The minimum absolute atomic E-state index is 0.0880. The van der Waals surface area contributed by atoms with E-state index in [1.54, 1.807) is 18.4 Å². The van der Waals surface area contributed by atoms with Crippen molar-refractivity contribution in [1.82, 2.24) is 9.97 Å². The Morgan fingerprint density at radius 2 is 2.04 bits per heavy atom. The number of H-pyrrole nitrogens is 1. The molecule has 0 radical (unpaired) electrons. The summed E-state index contributed by atoms with van der Waals surface area (Å²) >= 11 is 1.25. The molecule has 1 aromatic heterocycles. The molecular formula is C17H18N4O3S. The number of aromatic nitrogens is 2. The summed E-state index contributed by atoms with van der Waals surface area (Å²) in [6.45, 7) is 2.05. The molecule has 0 spiro atoms. The van der Waals surface area contributed by atoms with Crippen LogP contribution in [0.2, 0.25) is 0 Å². The van der Waals surface area contributed by atoms with E-state index in [1.807, 2.05) is 19.1 Å². The molecule has 1 aliphatic rings. The van der Waals surface area contributed by atoms with Crippen molar-refractivity contribution < 1.29 is 9.59 Å². The lowest BCUT2D eigenvalue weighted by atomic mass is 9.92. The van der Waals surface area contributed by atoms with Crippen molar-refractivity contribution in [1.29, 1.82) is 0 Å². The lowest BCUT2D eigenvalue weighted by molar-refractivity contribution is -0.123. The molecular weight excluding hydrogens is 340 g/mol. The van der Waals surface area contributed by atoms with Crippen molar-refractivity contribution >= 4 is 35.1 Å². The zero-order valence-corrected chi connectivity index (χ0v) is 14.7. The van der Waals surface area contributed by atoms with Gasteiger partial charge in [-0.05, 0) is 30.4 Å². The van der Waals surface area contributed by atoms with Crippen LogP contribution < -0.4 is 16.2 Å². The normalized spacial score (nSPS) is 16.1. The molecule has 0 saturated carbocycles. The second-order valence-corrected chi connectivity index (χ2v) is 6.48. The fourth-order valence-corrected chi connectivity index (χ4v) is 3.10. The molecule has 8 heteroatoms. The molecule has 2 amide bonds. The van der Waals surface area contributed by atoms with Gasteiger partial charge in [0.2, 0.25) is 11.8 Å². The third-order valence-electron chi connectivity index (χ3n) is 4.07. The monoisotopic (exact) mass is 358 g/mol. The van der Waals surface area contributed by atoms with E-state index in [9.17, 15) is 14.4 Å². The van der Waals surface area contributed by atoms with Crippen molar-refractivity contribution in [3.05, 3.63) is 45.7 Å². The highest BCUT2D eigenvalue weighted by atomic mass is 32.2. The molecule has 3 N–H and O–H groups in total. The fraction of sp³-hybridized carbons (Fsp3) is 0.294. The quantitative estimate of drug-likeness (QED) is 0.574. The molecule has 7 nitrogen and oxygen atoms in total. The zero-order valence-electron chi connectivity index (χ0n) is 13.9. The number of carbonyl (C=O) groups is 2. The van der Waals surface area contributed by atoms with Crippen molar-refractivity contribution in [2.75, 3.05) is 16.9 Å². The summed E-state index contributed by atoms with van der Waals surface area (Å²) < 4.78 is 0. The second kappa shape index (κ2) is 7.10. The third kappa shape index (κ3) is 3.58. The van der Waals surface area contributed by atoms with Gasteiger partial charge in [0.15, 0.2) is 5.16 Å². The summed E-state index contributed by atoms with van der Waals surface area (Å²) in [6, 6.07) is 7.46. The van der Waals surface area contributed by atoms with E-state index in [-0.39, 0.29) is 23.7 Å². The van der Waals surface area contributed by atoms with Crippen LogP contribution in [0.15, 0.2) is 34.2 Å². The van der Waals surface area contributed by atoms with Crippen LogP contribution in [0.3, 0.4) is 0 Å². The van der Waals surface area contributed by atoms with Crippen molar-refractivity contribution in [3.63, 3.8) is 0 Å². The Bertz CT molecular complexity index is 876. The summed E-state index contributed by atoms with van der Waals surface area (Å²) in [5.41, 5.74) is 1.57. The molecule has 1 aliphatic heterocycles. The Kier molecular flexibility index (Phi) is 4.89. The molecule has 25 heavy (non-hydrogen) atoms. The van der Waals surface area contributed by atoms with E-state index in [4.69, 9.17) is 0 Å². The number of anilines is 2. The minimum atomic E-state index is -0.873. The van der Waals surface area contributed by atoms with Crippen LogP contribution in [-0.2, 0) is 16.0 Å². The number of benzene rings is 1. The molecule has 0 aliphatic carbocycles. The van der Waals surface area contributed by atoms with Crippen LogP contribution >= 0.6 is 11.8 Å². The molecule has 2 heterocycles. The van der Waals surface area contributed by atoms with Crippen LogP contribution in [0.4, 0.5) is 11.5 Å². The Hall–Kier alpha value is -2.61. The topological polar surface area (TPSA) is 104 Å². The number of aromatic amines is 1. The number of thioether (sulfide) groups is 1. The second-order valence-electron chi connectivity index (χ2n) is 5.68. The van der Waals surface area contributed by atoms with Gasteiger partial charge in [-0.3, -0.25) is 14.4 Å². The minimum Gasteiger partial charge on any atom is -0.326 e. The van der Waals surface area contributed by atoms with Gasteiger partial charge >= 0.3 is 0 Å². The molecule has 0 fully saturated rings. The number of nitrogens with one attached hydrogen (secondary N) is 3.